The molecule has 0 atom stereocenters. The van der Waals surface area contributed by atoms with Crippen LogP contribution in [0.3, 0.4) is 0 Å². The van der Waals surface area contributed by atoms with Crippen LogP contribution in [0, 0.1) is 0 Å². The number of hydrogen-bond acceptors (Lipinski definition) is 3. The maximum Gasteiger partial charge on any atom is 0.416 e. The van der Waals surface area contributed by atoms with Gasteiger partial charge in [0.1, 0.15) is 6.54 Å². The maximum atomic E-state index is 13.3. The Hall–Kier alpha value is -3.33. The lowest BCUT2D eigenvalue weighted by Crippen LogP contribution is -2.38. The van der Waals surface area contributed by atoms with Gasteiger partial charge in [0.05, 0.1) is 16.1 Å². The number of alkyl halides is 3. The summed E-state index contributed by atoms with van der Waals surface area (Å²) in [7, 11) is -4.32. The summed E-state index contributed by atoms with van der Waals surface area (Å²) in [5, 5.41) is 2.63. The van der Waals surface area contributed by atoms with Gasteiger partial charge >= 0.3 is 6.18 Å². The smallest absolute Gasteiger partial charge is 0.325 e. The summed E-state index contributed by atoms with van der Waals surface area (Å²) in [5.74, 6) is -0.682. The third-order valence-electron chi connectivity index (χ3n) is 5.14. The number of carbonyl (C=O) groups is 1. The molecule has 9 heteroatoms. The molecule has 0 fully saturated rings. The Morgan fingerprint density at radius 3 is 2.24 bits per heavy atom. The topological polar surface area (TPSA) is 66.5 Å². The normalized spacial score (nSPS) is 11.8. The van der Waals surface area contributed by atoms with Crippen molar-refractivity contribution in [2.24, 2.45) is 0 Å². The number of unbranched alkanes of at least 4 members (excludes halogenated alkanes) is 1. The summed E-state index contributed by atoms with van der Waals surface area (Å²) >= 11 is 0. The highest BCUT2D eigenvalue weighted by atomic mass is 32.2. The van der Waals surface area contributed by atoms with E-state index in [0.717, 1.165) is 43.0 Å². The van der Waals surface area contributed by atoms with Crippen molar-refractivity contribution in [3.63, 3.8) is 0 Å². The van der Waals surface area contributed by atoms with Gasteiger partial charge in [-0.1, -0.05) is 49.7 Å². The quantitative estimate of drug-likeness (QED) is 0.407. The van der Waals surface area contributed by atoms with Crippen molar-refractivity contribution in [3.8, 4) is 0 Å². The molecule has 180 valence electrons. The van der Waals surface area contributed by atoms with Crippen LogP contribution in [0.15, 0.2) is 83.8 Å². The molecule has 0 unspecified atom stereocenters. The van der Waals surface area contributed by atoms with E-state index in [-0.39, 0.29) is 10.6 Å². The van der Waals surface area contributed by atoms with E-state index in [1.807, 2.05) is 12.1 Å². The summed E-state index contributed by atoms with van der Waals surface area (Å²) in [6, 6.07) is 18.3. The van der Waals surface area contributed by atoms with Gasteiger partial charge in [0.25, 0.3) is 10.0 Å². The molecule has 0 spiro atoms. The Morgan fingerprint density at radius 2 is 1.62 bits per heavy atom. The van der Waals surface area contributed by atoms with E-state index in [9.17, 15) is 26.4 Å². The van der Waals surface area contributed by atoms with E-state index in [1.54, 1.807) is 18.2 Å². The predicted molar refractivity (Wildman–Crippen MR) is 126 cm³/mol. The summed E-state index contributed by atoms with van der Waals surface area (Å²) < 4.78 is 67.1. The van der Waals surface area contributed by atoms with Crippen LogP contribution in [0.25, 0.3) is 0 Å². The Kier molecular flexibility index (Phi) is 7.98. The zero-order chi connectivity index (χ0) is 24.8. The number of hydrogen-bond donors (Lipinski definition) is 1. The molecule has 0 aliphatic carbocycles. The summed E-state index contributed by atoms with van der Waals surface area (Å²) in [4.78, 5) is 12.6. The zero-order valence-electron chi connectivity index (χ0n) is 18.5. The van der Waals surface area contributed by atoms with Gasteiger partial charge in [-0.2, -0.15) is 13.2 Å². The molecule has 0 aromatic heterocycles. The van der Waals surface area contributed by atoms with Crippen LogP contribution >= 0.6 is 0 Å². The van der Waals surface area contributed by atoms with Crippen molar-refractivity contribution in [2.45, 2.75) is 37.3 Å². The Labute approximate surface area is 197 Å². The number of nitrogens with one attached hydrogen (secondary N) is 1. The highest BCUT2D eigenvalue weighted by Gasteiger charge is 2.33. The Bertz CT molecular complexity index is 1210. The number of aryl methyl sites for hydroxylation is 1. The van der Waals surface area contributed by atoms with Gasteiger partial charge in [0, 0.05) is 5.69 Å². The number of halogens is 3. The summed E-state index contributed by atoms with van der Waals surface area (Å²) in [5.41, 5.74) is 0.300. The van der Waals surface area contributed by atoms with Crippen molar-refractivity contribution in [2.75, 3.05) is 16.2 Å². The molecule has 0 bridgehead atoms. The van der Waals surface area contributed by atoms with Crippen LogP contribution in [-0.4, -0.2) is 20.9 Å². The second-order valence-electron chi connectivity index (χ2n) is 7.72. The molecule has 0 aliphatic heterocycles. The van der Waals surface area contributed by atoms with E-state index in [4.69, 9.17) is 0 Å². The first kappa shape index (κ1) is 25.3. The fourth-order valence-electron chi connectivity index (χ4n) is 3.34. The fourth-order valence-corrected chi connectivity index (χ4v) is 4.77. The minimum Gasteiger partial charge on any atom is -0.325 e. The van der Waals surface area contributed by atoms with E-state index in [0.29, 0.717) is 9.99 Å². The number of rotatable bonds is 9. The molecule has 3 aromatic rings. The van der Waals surface area contributed by atoms with Gasteiger partial charge < -0.3 is 5.32 Å². The number of carbonyl (C=O) groups excluding carboxylic acids is 1. The van der Waals surface area contributed by atoms with Crippen LogP contribution < -0.4 is 9.62 Å². The molecular weight excluding hydrogens is 465 g/mol. The van der Waals surface area contributed by atoms with E-state index < -0.39 is 34.2 Å². The van der Waals surface area contributed by atoms with E-state index in [1.165, 1.54) is 30.3 Å². The molecule has 3 aromatic carbocycles. The number of anilines is 2. The van der Waals surface area contributed by atoms with Gasteiger partial charge in [-0.05, 0) is 60.9 Å². The molecule has 0 radical (unpaired) electrons. The zero-order valence-corrected chi connectivity index (χ0v) is 19.4. The number of benzene rings is 3. The van der Waals surface area contributed by atoms with Crippen molar-refractivity contribution >= 4 is 27.3 Å². The molecule has 0 heterocycles. The molecule has 0 saturated carbocycles. The fraction of sp³-hybridized carbons (Fsp3) is 0.240. The number of sulfonamides is 1. The van der Waals surface area contributed by atoms with Gasteiger partial charge in [-0.25, -0.2) is 8.42 Å². The van der Waals surface area contributed by atoms with Crippen molar-refractivity contribution in [1.29, 1.82) is 0 Å². The second kappa shape index (κ2) is 10.7. The molecule has 0 aliphatic rings. The third kappa shape index (κ3) is 6.38. The first-order chi connectivity index (χ1) is 16.1. The standard InChI is InChI=1S/C25H25F3N2O3S/c1-2-3-8-19-13-15-21(16-14-19)29-24(31)18-30(34(32,33)23-11-5-4-6-12-23)22-10-7-9-20(17-22)25(26,27)28/h4-7,9-17H,2-3,8,18H2,1H3,(H,29,31). The average Bonchev–Trinajstić information content (AvgIpc) is 2.82. The lowest BCUT2D eigenvalue weighted by Gasteiger charge is -2.25. The van der Waals surface area contributed by atoms with Crippen LogP contribution in [0.4, 0.5) is 24.5 Å². The molecule has 0 saturated heterocycles. The molecule has 5 nitrogen and oxygen atoms in total. The SMILES string of the molecule is CCCCc1ccc(NC(=O)CN(c2cccc(C(F)(F)F)c2)S(=O)(=O)c2ccccc2)cc1. The third-order valence-corrected chi connectivity index (χ3v) is 6.92. The van der Waals surface area contributed by atoms with Gasteiger partial charge in [0.2, 0.25) is 5.91 Å². The van der Waals surface area contributed by atoms with Crippen molar-refractivity contribution < 1.29 is 26.4 Å². The van der Waals surface area contributed by atoms with Gasteiger partial charge in [-0.3, -0.25) is 9.10 Å². The van der Waals surface area contributed by atoms with Gasteiger partial charge in [-0.15, -0.1) is 0 Å². The first-order valence-corrected chi connectivity index (χ1v) is 12.2. The predicted octanol–water partition coefficient (Wildman–Crippen LogP) is 5.88. The Balaban J connectivity index is 1.89. The highest BCUT2D eigenvalue weighted by molar-refractivity contribution is 7.92. The highest BCUT2D eigenvalue weighted by Crippen LogP contribution is 2.33. The number of nitrogens with zero attached hydrogens (tertiary/aromatic N) is 1. The largest absolute Gasteiger partial charge is 0.416 e. The Morgan fingerprint density at radius 1 is 0.941 bits per heavy atom. The van der Waals surface area contributed by atoms with Crippen molar-refractivity contribution in [3.05, 3.63) is 90.0 Å². The minimum absolute atomic E-state index is 0.138. The lowest BCUT2D eigenvalue weighted by molar-refractivity contribution is -0.137. The van der Waals surface area contributed by atoms with E-state index >= 15 is 0 Å². The summed E-state index contributed by atoms with van der Waals surface area (Å²) in [6.07, 6.45) is -1.67. The van der Waals surface area contributed by atoms with Crippen LogP contribution in [0.1, 0.15) is 30.9 Å². The second-order valence-corrected chi connectivity index (χ2v) is 9.58. The van der Waals surface area contributed by atoms with Crippen LogP contribution in [0.5, 0.6) is 0 Å². The average molecular weight is 491 g/mol. The first-order valence-electron chi connectivity index (χ1n) is 10.7. The van der Waals surface area contributed by atoms with E-state index in [2.05, 4.69) is 12.2 Å². The maximum absolute atomic E-state index is 13.3. The number of amides is 1. The molecule has 3 rings (SSSR count). The lowest BCUT2D eigenvalue weighted by atomic mass is 10.1. The minimum atomic E-state index is -4.67. The van der Waals surface area contributed by atoms with Gasteiger partial charge in [0.15, 0.2) is 0 Å². The van der Waals surface area contributed by atoms with Crippen LogP contribution in [0.2, 0.25) is 0 Å². The van der Waals surface area contributed by atoms with Crippen LogP contribution in [-0.2, 0) is 27.4 Å². The molecule has 1 amide bonds. The van der Waals surface area contributed by atoms with Crippen molar-refractivity contribution in [1.82, 2.24) is 0 Å². The molecule has 1 N–H and O–H groups in total. The molecular formula is C25H25F3N2O3S. The molecule has 34 heavy (non-hydrogen) atoms. The summed E-state index contributed by atoms with van der Waals surface area (Å²) in [6.45, 7) is 1.39. The monoisotopic (exact) mass is 490 g/mol.